The zero-order valence-electron chi connectivity index (χ0n) is 9.32. The molecule has 0 bridgehead atoms. The molecule has 0 saturated heterocycles. The molecule has 84 valence electrons. The van der Waals surface area contributed by atoms with Crippen molar-refractivity contribution in [3.8, 4) is 0 Å². The van der Waals surface area contributed by atoms with E-state index < -0.39 is 5.54 Å². The van der Waals surface area contributed by atoms with Crippen molar-refractivity contribution in [3.63, 3.8) is 0 Å². The van der Waals surface area contributed by atoms with Crippen molar-refractivity contribution >= 4 is 5.91 Å². The summed E-state index contributed by atoms with van der Waals surface area (Å²) in [4.78, 5) is 15.4. The van der Waals surface area contributed by atoms with Crippen LogP contribution in [0.2, 0.25) is 0 Å². The molecule has 15 heavy (non-hydrogen) atoms. The molecular weight excluding hydrogens is 194 g/mol. The molecule has 0 aliphatic rings. The number of nitrogens with two attached hydrogens (primary N) is 1. The fraction of sp³-hybridized carbons (Fsp3) is 0.667. The van der Waals surface area contributed by atoms with Crippen molar-refractivity contribution in [1.29, 1.82) is 0 Å². The summed E-state index contributed by atoms with van der Waals surface area (Å²) in [5.41, 5.74) is 4.78. The van der Waals surface area contributed by atoms with Gasteiger partial charge in [-0.05, 0) is 13.8 Å². The highest BCUT2D eigenvalue weighted by molar-refractivity contribution is 5.84. The first kappa shape index (κ1) is 11.6. The molecule has 1 aromatic heterocycles. The third-order valence-electron chi connectivity index (χ3n) is 1.87. The molecule has 0 atom stereocenters. The van der Waals surface area contributed by atoms with E-state index in [0.29, 0.717) is 18.8 Å². The van der Waals surface area contributed by atoms with Crippen LogP contribution in [0, 0.1) is 0 Å². The average molecular weight is 211 g/mol. The van der Waals surface area contributed by atoms with Gasteiger partial charge in [-0.25, -0.2) is 4.98 Å². The summed E-state index contributed by atoms with van der Waals surface area (Å²) in [5, 5.41) is 6.82. The maximum Gasteiger partial charge on any atom is 0.239 e. The lowest BCUT2D eigenvalue weighted by molar-refractivity contribution is -0.125. The minimum atomic E-state index is -0.836. The van der Waals surface area contributed by atoms with E-state index in [4.69, 9.17) is 5.73 Å². The molecule has 0 saturated carbocycles. The van der Waals surface area contributed by atoms with E-state index in [1.54, 1.807) is 31.9 Å². The van der Waals surface area contributed by atoms with E-state index in [2.05, 4.69) is 15.4 Å². The summed E-state index contributed by atoms with van der Waals surface area (Å²) in [5.74, 6) is 0.547. The van der Waals surface area contributed by atoms with Gasteiger partial charge in [-0.15, -0.1) is 0 Å². The minimum Gasteiger partial charge on any atom is -0.354 e. The van der Waals surface area contributed by atoms with E-state index in [9.17, 15) is 4.79 Å². The highest BCUT2D eigenvalue weighted by Crippen LogP contribution is 1.95. The topological polar surface area (TPSA) is 85.8 Å². The molecular formula is C9H17N5O. The Balaban J connectivity index is 2.31. The molecule has 1 aromatic rings. The predicted molar refractivity (Wildman–Crippen MR) is 56.0 cm³/mol. The first-order valence-electron chi connectivity index (χ1n) is 4.81. The zero-order valence-corrected chi connectivity index (χ0v) is 9.32. The molecule has 0 unspecified atom stereocenters. The second kappa shape index (κ2) is 4.39. The fourth-order valence-electron chi connectivity index (χ4n) is 1.01. The monoisotopic (exact) mass is 211 g/mol. The highest BCUT2D eigenvalue weighted by atomic mass is 16.2. The van der Waals surface area contributed by atoms with Gasteiger partial charge in [0.25, 0.3) is 0 Å². The molecule has 0 aliphatic carbocycles. The maximum absolute atomic E-state index is 11.4. The summed E-state index contributed by atoms with van der Waals surface area (Å²) in [6, 6.07) is 0. The van der Waals surface area contributed by atoms with Crippen LogP contribution in [0.25, 0.3) is 0 Å². The number of rotatable bonds is 4. The number of nitrogens with one attached hydrogen (secondary N) is 1. The summed E-state index contributed by atoms with van der Waals surface area (Å²) < 4.78 is 1.63. The molecule has 3 N–H and O–H groups in total. The Labute approximate surface area is 88.9 Å². The molecule has 0 spiro atoms. The second-order valence-corrected chi connectivity index (χ2v) is 4.06. The molecule has 1 amide bonds. The lowest BCUT2D eigenvalue weighted by Gasteiger charge is -2.17. The van der Waals surface area contributed by atoms with Crippen molar-refractivity contribution in [2.24, 2.45) is 12.8 Å². The van der Waals surface area contributed by atoms with Crippen molar-refractivity contribution in [1.82, 2.24) is 20.1 Å². The van der Waals surface area contributed by atoms with Crippen LogP contribution in [0.1, 0.15) is 19.7 Å². The third kappa shape index (κ3) is 3.67. The summed E-state index contributed by atoms with van der Waals surface area (Å²) in [6.07, 6.45) is 2.24. The average Bonchev–Trinajstić information content (AvgIpc) is 2.49. The molecule has 0 fully saturated rings. The highest BCUT2D eigenvalue weighted by Gasteiger charge is 2.20. The van der Waals surface area contributed by atoms with Crippen molar-refractivity contribution in [2.75, 3.05) is 6.54 Å². The zero-order chi connectivity index (χ0) is 11.5. The maximum atomic E-state index is 11.4. The van der Waals surface area contributed by atoms with Gasteiger partial charge in [-0.2, -0.15) is 5.10 Å². The van der Waals surface area contributed by atoms with Crippen LogP contribution in [-0.2, 0) is 18.3 Å². The van der Waals surface area contributed by atoms with Gasteiger partial charge in [0.2, 0.25) is 5.91 Å². The van der Waals surface area contributed by atoms with E-state index in [1.165, 1.54) is 0 Å². The first-order valence-corrected chi connectivity index (χ1v) is 4.81. The van der Waals surface area contributed by atoms with Gasteiger partial charge in [0, 0.05) is 20.0 Å². The van der Waals surface area contributed by atoms with Gasteiger partial charge >= 0.3 is 0 Å². The van der Waals surface area contributed by atoms with Crippen LogP contribution in [0.15, 0.2) is 6.33 Å². The number of nitrogens with zero attached hydrogens (tertiary/aromatic N) is 3. The fourth-order valence-corrected chi connectivity index (χ4v) is 1.01. The number of hydrogen-bond acceptors (Lipinski definition) is 4. The lowest BCUT2D eigenvalue weighted by atomic mass is 10.1. The predicted octanol–water partition coefficient (Wildman–Crippen LogP) is -0.789. The molecule has 0 radical (unpaired) electrons. The van der Waals surface area contributed by atoms with Crippen molar-refractivity contribution in [3.05, 3.63) is 12.2 Å². The molecule has 0 aliphatic heterocycles. The Morgan fingerprint density at radius 2 is 2.33 bits per heavy atom. The third-order valence-corrected chi connectivity index (χ3v) is 1.87. The largest absolute Gasteiger partial charge is 0.354 e. The summed E-state index contributed by atoms with van der Waals surface area (Å²) in [6.45, 7) is 3.84. The van der Waals surface area contributed by atoms with Gasteiger partial charge in [0.05, 0.1) is 5.54 Å². The van der Waals surface area contributed by atoms with Gasteiger partial charge < -0.3 is 11.1 Å². The van der Waals surface area contributed by atoms with Crippen LogP contribution in [-0.4, -0.2) is 32.8 Å². The SMILES string of the molecule is Cn1cnc(CCNC(=O)C(C)(C)N)n1. The van der Waals surface area contributed by atoms with E-state index in [1.807, 2.05) is 0 Å². The van der Waals surface area contributed by atoms with Gasteiger partial charge in [0.15, 0.2) is 5.82 Å². The second-order valence-electron chi connectivity index (χ2n) is 4.06. The Morgan fingerprint density at radius 1 is 1.67 bits per heavy atom. The van der Waals surface area contributed by atoms with Crippen LogP contribution < -0.4 is 11.1 Å². The molecule has 6 nitrogen and oxygen atoms in total. The van der Waals surface area contributed by atoms with Crippen LogP contribution in [0.3, 0.4) is 0 Å². The molecule has 1 heterocycles. The normalized spacial score (nSPS) is 11.5. The number of carbonyl (C=O) groups excluding carboxylic acids is 1. The quantitative estimate of drug-likeness (QED) is 0.683. The Morgan fingerprint density at radius 3 is 2.80 bits per heavy atom. The number of amides is 1. The van der Waals surface area contributed by atoms with Crippen LogP contribution in [0.5, 0.6) is 0 Å². The van der Waals surface area contributed by atoms with Crippen molar-refractivity contribution in [2.45, 2.75) is 25.8 Å². The van der Waals surface area contributed by atoms with E-state index in [-0.39, 0.29) is 5.91 Å². The number of aryl methyl sites for hydroxylation is 1. The smallest absolute Gasteiger partial charge is 0.239 e. The van der Waals surface area contributed by atoms with Gasteiger partial charge in [-0.3, -0.25) is 9.48 Å². The molecule has 0 aromatic carbocycles. The number of hydrogen-bond donors (Lipinski definition) is 2. The Bertz CT molecular complexity index is 339. The Kier molecular flexibility index (Phi) is 3.41. The molecule has 1 rings (SSSR count). The van der Waals surface area contributed by atoms with Crippen molar-refractivity contribution < 1.29 is 4.79 Å². The standard InChI is InChI=1S/C9H17N5O/c1-9(2,10)8(15)11-5-4-7-12-6-14(3)13-7/h6H,4-5,10H2,1-3H3,(H,11,15). The minimum absolute atomic E-state index is 0.168. The summed E-state index contributed by atoms with van der Waals surface area (Å²) in [7, 11) is 1.80. The molecule has 6 heteroatoms. The van der Waals surface area contributed by atoms with Gasteiger partial charge in [-0.1, -0.05) is 0 Å². The van der Waals surface area contributed by atoms with Gasteiger partial charge in [0.1, 0.15) is 6.33 Å². The number of carbonyl (C=O) groups is 1. The summed E-state index contributed by atoms with van der Waals surface area (Å²) >= 11 is 0. The van der Waals surface area contributed by atoms with Crippen LogP contribution in [0.4, 0.5) is 0 Å². The first-order chi connectivity index (χ1) is 6.89. The Hall–Kier alpha value is -1.43. The van der Waals surface area contributed by atoms with E-state index >= 15 is 0 Å². The lowest BCUT2D eigenvalue weighted by Crippen LogP contribution is -2.49. The van der Waals surface area contributed by atoms with Crippen LogP contribution >= 0.6 is 0 Å². The number of aromatic nitrogens is 3. The van der Waals surface area contributed by atoms with E-state index in [0.717, 1.165) is 0 Å².